The van der Waals surface area contributed by atoms with Gasteiger partial charge in [0.25, 0.3) is 5.91 Å². The molecule has 1 aromatic carbocycles. The smallest absolute Gasteiger partial charge is 0.254 e. The van der Waals surface area contributed by atoms with Crippen molar-refractivity contribution >= 4 is 17.8 Å². The Kier molecular flexibility index (Phi) is 7.92. The number of carbonyl (C=O) groups excluding carboxylic acids is 2. The van der Waals surface area contributed by atoms with Gasteiger partial charge in [-0.3, -0.25) is 14.6 Å². The second-order valence-corrected chi connectivity index (χ2v) is 6.33. The highest BCUT2D eigenvalue weighted by molar-refractivity contribution is 5.97. The summed E-state index contributed by atoms with van der Waals surface area (Å²) in [5.74, 6) is 0.566. The number of guanidine groups is 1. The average molecular weight is 359 g/mol. The summed E-state index contributed by atoms with van der Waals surface area (Å²) in [5, 5.41) is 9.29. The van der Waals surface area contributed by atoms with Crippen LogP contribution in [0, 0.1) is 0 Å². The molecular weight excluding hydrogens is 330 g/mol. The molecule has 0 saturated carbocycles. The molecule has 2 rings (SSSR count). The predicted octanol–water partition coefficient (Wildman–Crippen LogP) is 1.11. The lowest BCUT2D eigenvalue weighted by molar-refractivity contribution is -0.123. The first-order chi connectivity index (χ1) is 12.6. The molecule has 7 heteroatoms. The molecule has 7 nitrogen and oxygen atoms in total. The third-order valence-corrected chi connectivity index (χ3v) is 4.28. The molecule has 0 radical (unpaired) electrons. The van der Waals surface area contributed by atoms with Gasteiger partial charge in [0.1, 0.15) is 0 Å². The van der Waals surface area contributed by atoms with Gasteiger partial charge in [0.05, 0.1) is 6.54 Å². The zero-order valence-electron chi connectivity index (χ0n) is 15.7. The van der Waals surface area contributed by atoms with Crippen molar-refractivity contribution in [3.63, 3.8) is 0 Å². The van der Waals surface area contributed by atoms with Gasteiger partial charge in [-0.05, 0) is 24.1 Å². The van der Waals surface area contributed by atoms with E-state index in [4.69, 9.17) is 0 Å². The molecule has 26 heavy (non-hydrogen) atoms. The summed E-state index contributed by atoms with van der Waals surface area (Å²) < 4.78 is 0. The van der Waals surface area contributed by atoms with Crippen molar-refractivity contribution in [1.29, 1.82) is 0 Å². The molecule has 0 aliphatic carbocycles. The van der Waals surface area contributed by atoms with Crippen LogP contribution in [0.3, 0.4) is 0 Å². The Labute approximate surface area is 155 Å². The summed E-state index contributed by atoms with van der Waals surface area (Å²) in [4.78, 5) is 29.7. The summed E-state index contributed by atoms with van der Waals surface area (Å²) >= 11 is 0. The van der Waals surface area contributed by atoms with Crippen LogP contribution in [0.2, 0.25) is 0 Å². The first-order valence-electron chi connectivity index (χ1n) is 9.23. The molecule has 1 heterocycles. The van der Waals surface area contributed by atoms with E-state index in [-0.39, 0.29) is 18.4 Å². The maximum Gasteiger partial charge on any atom is 0.254 e. The van der Waals surface area contributed by atoms with Crippen LogP contribution in [0.1, 0.15) is 42.1 Å². The lowest BCUT2D eigenvalue weighted by Crippen LogP contribution is -2.49. The fourth-order valence-electron chi connectivity index (χ4n) is 2.75. The van der Waals surface area contributed by atoms with Gasteiger partial charge in [0.2, 0.25) is 5.91 Å². The minimum absolute atomic E-state index is 0.104. The minimum atomic E-state index is -0.108. The molecule has 1 aromatic rings. The Morgan fingerprint density at radius 3 is 2.65 bits per heavy atom. The monoisotopic (exact) mass is 359 g/mol. The maximum atomic E-state index is 12.4. The molecule has 142 valence electrons. The Hall–Kier alpha value is -2.57. The zero-order valence-corrected chi connectivity index (χ0v) is 15.7. The first-order valence-corrected chi connectivity index (χ1v) is 9.23. The van der Waals surface area contributed by atoms with Crippen molar-refractivity contribution in [2.24, 2.45) is 4.99 Å². The van der Waals surface area contributed by atoms with E-state index in [1.165, 1.54) is 12.8 Å². The van der Waals surface area contributed by atoms with Crippen LogP contribution in [-0.4, -0.2) is 55.9 Å². The van der Waals surface area contributed by atoms with Crippen LogP contribution in [0.5, 0.6) is 0 Å². The van der Waals surface area contributed by atoms with Crippen molar-refractivity contribution in [2.75, 3.05) is 33.2 Å². The van der Waals surface area contributed by atoms with E-state index >= 15 is 0 Å². The van der Waals surface area contributed by atoms with Crippen molar-refractivity contribution in [3.8, 4) is 0 Å². The highest BCUT2D eigenvalue weighted by atomic mass is 16.2. The van der Waals surface area contributed by atoms with E-state index in [9.17, 15) is 9.59 Å². The highest BCUT2D eigenvalue weighted by Crippen LogP contribution is 2.09. The Morgan fingerprint density at radius 1 is 1.23 bits per heavy atom. The molecular formula is C19H29N5O2. The van der Waals surface area contributed by atoms with E-state index < -0.39 is 0 Å². The number of unbranched alkanes of at least 4 members (excludes halogenated alkanes) is 2. The van der Waals surface area contributed by atoms with Gasteiger partial charge in [-0.2, -0.15) is 0 Å². The van der Waals surface area contributed by atoms with E-state index in [0.717, 1.165) is 24.5 Å². The average Bonchev–Trinajstić information content (AvgIpc) is 2.67. The number of benzene rings is 1. The molecule has 0 unspecified atom stereocenters. The number of hydrogen-bond donors (Lipinski definition) is 3. The molecule has 1 aliphatic rings. The van der Waals surface area contributed by atoms with Crippen molar-refractivity contribution < 1.29 is 9.59 Å². The van der Waals surface area contributed by atoms with Crippen LogP contribution in [0.4, 0.5) is 0 Å². The second-order valence-electron chi connectivity index (χ2n) is 6.33. The number of nitrogens with zero attached hydrogens (tertiary/aromatic N) is 2. The van der Waals surface area contributed by atoms with Gasteiger partial charge in [0, 0.05) is 38.8 Å². The molecule has 0 bridgehead atoms. The zero-order chi connectivity index (χ0) is 18.8. The van der Waals surface area contributed by atoms with Crippen LogP contribution < -0.4 is 16.0 Å². The molecule has 0 aromatic heterocycles. The maximum absolute atomic E-state index is 12.4. The van der Waals surface area contributed by atoms with Crippen molar-refractivity contribution in [1.82, 2.24) is 20.9 Å². The number of rotatable bonds is 7. The third-order valence-electron chi connectivity index (χ3n) is 4.28. The molecule has 1 fully saturated rings. The Bertz CT molecular complexity index is 627. The Balaban J connectivity index is 1.83. The van der Waals surface area contributed by atoms with E-state index in [1.54, 1.807) is 11.9 Å². The van der Waals surface area contributed by atoms with E-state index in [0.29, 0.717) is 25.2 Å². The van der Waals surface area contributed by atoms with Crippen LogP contribution in [-0.2, 0) is 11.3 Å². The number of hydrogen-bond acceptors (Lipinski definition) is 3. The molecule has 2 amide bonds. The molecule has 1 aliphatic heterocycles. The molecule has 0 spiro atoms. The largest absolute Gasteiger partial charge is 0.356 e. The summed E-state index contributed by atoms with van der Waals surface area (Å²) in [6, 6.07) is 7.47. The predicted molar refractivity (Wildman–Crippen MR) is 103 cm³/mol. The fraction of sp³-hybridized carbons (Fsp3) is 0.526. The topological polar surface area (TPSA) is 85.8 Å². The van der Waals surface area contributed by atoms with Gasteiger partial charge in [-0.25, -0.2) is 0 Å². The fourth-order valence-corrected chi connectivity index (χ4v) is 2.75. The molecule has 0 atom stereocenters. The van der Waals surface area contributed by atoms with Crippen molar-refractivity contribution in [2.45, 2.75) is 32.7 Å². The van der Waals surface area contributed by atoms with Crippen LogP contribution in [0.25, 0.3) is 0 Å². The normalized spacial score (nSPS) is 14.8. The summed E-state index contributed by atoms with van der Waals surface area (Å²) in [6.45, 7) is 4.91. The lowest BCUT2D eigenvalue weighted by Gasteiger charge is -2.26. The van der Waals surface area contributed by atoms with Crippen LogP contribution >= 0.6 is 0 Å². The van der Waals surface area contributed by atoms with E-state index in [2.05, 4.69) is 27.9 Å². The number of carbonyl (C=O) groups is 2. The minimum Gasteiger partial charge on any atom is -0.356 e. The van der Waals surface area contributed by atoms with Gasteiger partial charge in [-0.15, -0.1) is 0 Å². The van der Waals surface area contributed by atoms with Gasteiger partial charge >= 0.3 is 0 Å². The first kappa shape index (κ1) is 19.8. The van der Waals surface area contributed by atoms with Crippen molar-refractivity contribution in [3.05, 3.63) is 35.4 Å². The number of aliphatic imine (C=N–C) groups is 1. The van der Waals surface area contributed by atoms with Crippen LogP contribution in [0.15, 0.2) is 29.3 Å². The Morgan fingerprint density at radius 2 is 2.00 bits per heavy atom. The highest BCUT2D eigenvalue weighted by Gasteiger charge is 2.21. The summed E-state index contributed by atoms with van der Waals surface area (Å²) in [5.41, 5.74) is 1.67. The quantitative estimate of drug-likeness (QED) is 0.387. The van der Waals surface area contributed by atoms with Gasteiger partial charge in [0.15, 0.2) is 5.96 Å². The van der Waals surface area contributed by atoms with E-state index in [1.807, 2.05) is 24.3 Å². The number of nitrogens with one attached hydrogen (secondary N) is 3. The third kappa shape index (κ3) is 6.06. The van der Waals surface area contributed by atoms with Gasteiger partial charge in [-0.1, -0.05) is 31.9 Å². The lowest BCUT2D eigenvalue weighted by atomic mass is 10.1. The SMILES string of the molecule is CCCCCNC(=NC)NCc1ccc(C(=O)N2CCNC(=O)C2)cc1. The second kappa shape index (κ2) is 10.4. The summed E-state index contributed by atoms with van der Waals surface area (Å²) in [6.07, 6.45) is 3.53. The standard InChI is InChI=1S/C19H29N5O2/c1-3-4-5-10-22-19(20-2)23-13-15-6-8-16(9-7-15)18(26)24-12-11-21-17(25)14-24/h6-9H,3-5,10-14H2,1-2H3,(H,21,25)(H2,20,22,23). The number of amides is 2. The summed E-state index contributed by atoms with van der Waals surface area (Å²) in [7, 11) is 1.76. The molecule has 3 N–H and O–H groups in total. The molecule has 1 saturated heterocycles. The van der Waals surface area contributed by atoms with Gasteiger partial charge < -0.3 is 20.9 Å². The number of piperazine rings is 1.